The maximum Gasteiger partial charge on any atom is 0.573 e. The largest absolute Gasteiger partial charge is 0.573 e. The van der Waals surface area contributed by atoms with Gasteiger partial charge in [0.05, 0.1) is 5.56 Å². The summed E-state index contributed by atoms with van der Waals surface area (Å²) in [6.07, 6.45) is -4.37. The number of ether oxygens (including phenoxy) is 1. The molecule has 0 saturated heterocycles. The fourth-order valence-corrected chi connectivity index (χ4v) is 1.71. The standard InChI is InChI=1S/C13H11F3O3S/c1-9(17)20-7-3-2-4-10-5-6-11(8-12(10)18)19-13(14,15)16/h5-6,8,18H,3,7H2,1H3. The number of hydrogen-bond donors (Lipinski definition) is 1. The summed E-state index contributed by atoms with van der Waals surface area (Å²) >= 11 is 1.13. The summed E-state index contributed by atoms with van der Waals surface area (Å²) in [5.41, 5.74) is 0.201. The Labute approximate surface area is 118 Å². The third-order valence-electron chi connectivity index (χ3n) is 1.96. The number of carbonyl (C=O) groups excluding carboxylic acids is 1. The van der Waals surface area contributed by atoms with Crippen LogP contribution in [0.4, 0.5) is 13.2 Å². The Hall–Kier alpha value is -1.81. The molecule has 0 atom stereocenters. The first-order chi connectivity index (χ1) is 9.28. The van der Waals surface area contributed by atoms with Crippen molar-refractivity contribution in [1.82, 2.24) is 0 Å². The van der Waals surface area contributed by atoms with Gasteiger partial charge in [0.1, 0.15) is 11.5 Å². The smallest absolute Gasteiger partial charge is 0.507 e. The molecule has 1 aromatic rings. The van der Waals surface area contributed by atoms with Gasteiger partial charge in [0.15, 0.2) is 5.12 Å². The predicted octanol–water partition coefficient (Wildman–Crippen LogP) is 3.31. The van der Waals surface area contributed by atoms with Gasteiger partial charge >= 0.3 is 6.36 Å². The Morgan fingerprint density at radius 1 is 1.45 bits per heavy atom. The van der Waals surface area contributed by atoms with Crippen molar-refractivity contribution in [3.8, 4) is 23.3 Å². The molecule has 20 heavy (non-hydrogen) atoms. The number of aromatic hydroxyl groups is 1. The molecular formula is C13H11F3O3S. The van der Waals surface area contributed by atoms with Gasteiger partial charge in [-0.05, 0) is 12.1 Å². The molecule has 1 rings (SSSR count). The van der Waals surface area contributed by atoms with Crippen molar-refractivity contribution in [3.05, 3.63) is 23.8 Å². The van der Waals surface area contributed by atoms with Crippen molar-refractivity contribution < 1.29 is 27.8 Å². The zero-order valence-electron chi connectivity index (χ0n) is 10.5. The summed E-state index contributed by atoms with van der Waals surface area (Å²) < 4.78 is 39.6. The topological polar surface area (TPSA) is 46.5 Å². The van der Waals surface area contributed by atoms with E-state index in [0.29, 0.717) is 12.2 Å². The predicted molar refractivity (Wildman–Crippen MR) is 69.4 cm³/mol. The van der Waals surface area contributed by atoms with Crippen molar-refractivity contribution in [2.75, 3.05) is 5.75 Å². The second kappa shape index (κ2) is 7.10. The van der Waals surface area contributed by atoms with Crippen LogP contribution in [0.25, 0.3) is 0 Å². The van der Waals surface area contributed by atoms with Gasteiger partial charge < -0.3 is 9.84 Å². The van der Waals surface area contributed by atoms with Gasteiger partial charge in [-0.2, -0.15) is 0 Å². The Morgan fingerprint density at radius 2 is 2.15 bits per heavy atom. The van der Waals surface area contributed by atoms with Crippen molar-refractivity contribution in [2.45, 2.75) is 19.7 Å². The van der Waals surface area contributed by atoms with E-state index in [1.54, 1.807) is 0 Å². The first-order valence-corrected chi connectivity index (χ1v) is 6.47. The quantitative estimate of drug-likeness (QED) is 0.687. The maximum atomic E-state index is 12.0. The lowest BCUT2D eigenvalue weighted by Gasteiger charge is -2.09. The molecular weight excluding hydrogens is 293 g/mol. The minimum Gasteiger partial charge on any atom is -0.507 e. The fraction of sp³-hybridized carbons (Fsp3) is 0.308. The third-order valence-corrected chi connectivity index (χ3v) is 2.77. The van der Waals surface area contributed by atoms with Crippen LogP contribution in [0.15, 0.2) is 18.2 Å². The zero-order chi connectivity index (χ0) is 15.2. The van der Waals surface area contributed by atoms with E-state index in [9.17, 15) is 23.1 Å². The normalized spacial score (nSPS) is 10.6. The van der Waals surface area contributed by atoms with Crippen molar-refractivity contribution in [1.29, 1.82) is 0 Å². The SMILES string of the molecule is CC(=O)SCCC#Cc1ccc(OC(F)(F)F)cc1O. The minimum absolute atomic E-state index is 0.0108. The van der Waals surface area contributed by atoms with E-state index in [2.05, 4.69) is 16.6 Å². The molecule has 0 aliphatic carbocycles. The molecule has 3 nitrogen and oxygen atoms in total. The molecule has 0 unspecified atom stereocenters. The lowest BCUT2D eigenvalue weighted by Crippen LogP contribution is -2.17. The van der Waals surface area contributed by atoms with E-state index in [-0.39, 0.29) is 10.7 Å². The third kappa shape index (κ3) is 6.38. The van der Waals surface area contributed by atoms with Crippen molar-refractivity contribution in [2.24, 2.45) is 0 Å². The summed E-state index contributed by atoms with van der Waals surface area (Å²) in [6.45, 7) is 1.45. The van der Waals surface area contributed by atoms with Gasteiger partial charge in [0, 0.05) is 25.2 Å². The number of alkyl halides is 3. The first-order valence-electron chi connectivity index (χ1n) is 5.49. The van der Waals surface area contributed by atoms with Crippen LogP contribution in [0, 0.1) is 11.8 Å². The molecule has 0 aliphatic rings. The average molecular weight is 304 g/mol. The van der Waals surface area contributed by atoms with Crippen LogP contribution in [0.1, 0.15) is 18.9 Å². The molecule has 0 bridgehead atoms. The van der Waals surface area contributed by atoms with E-state index in [0.717, 1.165) is 23.9 Å². The summed E-state index contributed by atoms with van der Waals surface area (Å²) in [4.78, 5) is 10.7. The van der Waals surface area contributed by atoms with E-state index in [1.165, 1.54) is 13.0 Å². The highest BCUT2D eigenvalue weighted by molar-refractivity contribution is 8.13. The van der Waals surface area contributed by atoms with Gasteiger partial charge in [0.25, 0.3) is 0 Å². The number of carbonyl (C=O) groups is 1. The van der Waals surface area contributed by atoms with Crippen LogP contribution in [-0.4, -0.2) is 22.3 Å². The molecule has 0 fully saturated rings. The van der Waals surface area contributed by atoms with Crippen LogP contribution in [0.3, 0.4) is 0 Å². The molecule has 0 aliphatic heterocycles. The number of hydrogen-bond acceptors (Lipinski definition) is 4. The monoisotopic (exact) mass is 304 g/mol. The fourth-order valence-electron chi connectivity index (χ4n) is 1.22. The highest BCUT2D eigenvalue weighted by Crippen LogP contribution is 2.27. The lowest BCUT2D eigenvalue weighted by atomic mass is 10.2. The second-order valence-electron chi connectivity index (χ2n) is 3.62. The van der Waals surface area contributed by atoms with Gasteiger partial charge in [-0.25, -0.2) is 0 Å². The van der Waals surface area contributed by atoms with Crippen LogP contribution >= 0.6 is 11.8 Å². The molecule has 1 aromatic carbocycles. The van der Waals surface area contributed by atoms with E-state index < -0.39 is 17.9 Å². The van der Waals surface area contributed by atoms with Crippen molar-refractivity contribution in [3.63, 3.8) is 0 Å². The summed E-state index contributed by atoms with van der Waals surface area (Å²) in [6, 6.07) is 3.16. The Balaban J connectivity index is 2.65. The molecule has 1 N–H and O–H groups in total. The van der Waals surface area contributed by atoms with E-state index in [1.807, 2.05) is 0 Å². The number of benzene rings is 1. The van der Waals surface area contributed by atoms with Gasteiger partial charge in [0.2, 0.25) is 0 Å². The Morgan fingerprint density at radius 3 is 2.70 bits per heavy atom. The van der Waals surface area contributed by atoms with Crippen LogP contribution < -0.4 is 4.74 Å². The zero-order valence-corrected chi connectivity index (χ0v) is 11.3. The second-order valence-corrected chi connectivity index (χ2v) is 4.89. The highest BCUT2D eigenvalue weighted by atomic mass is 32.2. The van der Waals surface area contributed by atoms with Crippen LogP contribution in [-0.2, 0) is 4.79 Å². The van der Waals surface area contributed by atoms with Gasteiger partial charge in [-0.3, -0.25) is 4.79 Å². The van der Waals surface area contributed by atoms with Gasteiger partial charge in [-0.1, -0.05) is 23.6 Å². The number of phenols is 1. The first kappa shape index (κ1) is 16.2. The maximum absolute atomic E-state index is 12.0. The Bertz CT molecular complexity index is 544. The summed E-state index contributed by atoms with van der Waals surface area (Å²) in [5.74, 6) is 4.96. The number of halogens is 3. The lowest BCUT2D eigenvalue weighted by molar-refractivity contribution is -0.274. The molecule has 0 radical (unpaired) electrons. The highest BCUT2D eigenvalue weighted by Gasteiger charge is 2.31. The number of phenolic OH excluding ortho intramolecular Hbond substituents is 1. The van der Waals surface area contributed by atoms with Crippen LogP contribution in [0.5, 0.6) is 11.5 Å². The molecule has 108 valence electrons. The Kier molecular flexibility index (Phi) is 5.77. The van der Waals surface area contributed by atoms with E-state index >= 15 is 0 Å². The molecule has 0 heterocycles. The molecule has 7 heteroatoms. The summed E-state index contributed by atoms with van der Waals surface area (Å²) in [5, 5.41) is 9.51. The minimum atomic E-state index is -4.80. The van der Waals surface area contributed by atoms with Crippen molar-refractivity contribution >= 4 is 16.9 Å². The molecule has 0 amide bonds. The number of thioether (sulfide) groups is 1. The average Bonchev–Trinajstić information content (AvgIpc) is 2.28. The number of rotatable bonds is 3. The van der Waals surface area contributed by atoms with Gasteiger partial charge in [-0.15, -0.1) is 13.2 Å². The molecule has 0 spiro atoms. The van der Waals surface area contributed by atoms with Crippen LogP contribution in [0.2, 0.25) is 0 Å². The molecule has 0 saturated carbocycles. The molecule has 0 aromatic heterocycles. The van der Waals surface area contributed by atoms with E-state index in [4.69, 9.17) is 0 Å². The summed E-state index contributed by atoms with van der Waals surface area (Å²) in [7, 11) is 0.